The highest BCUT2D eigenvalue weighted by Crippen LogP contribution is 2.06. The van der Waals surface area contributed by atoms with E-state index in [-0.39, 0.29) is 12.0 Å². The molecule has 0 fully saturated rings. The predicted octanol–water partition coefficient (Wildman–Crippen LogP) is 1.40. The molecule has 18 heavy (non-hydrogen) atoms. The van der Waals surface area contributed by atoms with E-state index in [4.69, 9.17) is 9.47 Å². The van der Waals surface area contributed by atoms with Crippen LogP contribution in [0.3, 0.4) is 0 Å². The van der Waals surface area contributed by atoms with Crippen LogP contribution in [-0.4, -0.2) is 39.4 Å². The molecule has 0 radical (unpaired) electrons. The molecule has 0 aliphatic carbocycles. The molecule has 1 atom stereocenters. The van der Waals surface area contributed by atoms with Gasteiger partial charge in [0.15, 0.2) is 0 Å². The molecule has 0 amide bonds. The summed E-state index contributed by atoms with van der Waals surface area (Å²) < 4.78 is 9.71. The second-order valence-electron chi connectivity index (χ2n) is 4.11. The maximum Gasteiger partial charge on any atom is 0.307 e. The number of hydrogen-bond acceptors (Lipinski definition) is 4. The minimum atomic E-state index is -0.194. The summed E-state index contributed by atoms with van der Waals surface area (Å²) in [5.74, 6) is -0.194. The van der Waals surface area contributed by atoms with Crippen LogP contribution in [0.15, 0.2) is 30.3 Å². The maximum atomic E-state index is 11.4. The number of hydrogen-bond donors (Lipinski definition) is 1. The molecule has 4 heteroatoms. The smallest absolute Gasteiger partial charge is 0.307 e. The zero-order chi connectivity index (χ0) is 13.2. The summed E-state index contributed by atoms with van der Waals surface area (Å²) >= 11 is 0. The second kappa shape index (κ2) is 8.66. The Morgan fingerprint density at radius 1 is 1.28 bits per heavy atom. The lowest BCUT2D eigenvalue weighted by Gasteiger charge is -2.17. The van der Waals surface area contributed by atoms with Crippen molar-refractivity contribution in [2.75, 3.05) is 27.4 Å². The molecule has 1 rings (SSSR count). The van der Waals surface area contributed by atoms with Gasteiger partial charge in [0.25, 0.3) is 0 Å². The van der Waals surface area contributed by atoms with Crippen LogP contribution in [0.4, 0.5) is 0 Å². The molecule has 4 nitrogen and oxygen atoms in total. The van der Waals surface area contributed by atoms with Crippen LogP contribution in [0.5, 0.6) is 0 Å². The molecule has 1 unspecified atom stereocenters. The van der Waals surface area contributed by atoms with Crippen LogP contribution in [0, 0.1) is 0 Å². The van der Waals surface area contributed by atoms with Crippen LogP contribution in [0.2, 0.25) is 0 Å². The van der Waals surface area contributed by atoms with E-state index >= 15 is 0 Å². The Balaban J connectivity index is 2.50. The van der Waals surface area contributed by atoms with E-state index in [2.05, 4.69) is 17.4 Å². The molecule has 1 aromatic carbocycles. The molecule has 0 spiro atoms. The van der Waals surface area contributed by atoms with Gasteiger partial charge in [-0.15, -0.1) is 0 Å². The third-order valence-electron chi connectivity index (χ3n) is 2.70. The first-order chi connectivity index (χ1) is 8.76. The third-order valence-corrected chi connectivity index (χ3v) is 2.70. The Kier molecular flexibility index (Phi) is 7.06. The monoisotopic (exact) mass is 251 g/mol. The van der Waals surface area contributed by atoms with Gasteiger partial charge in [-0.25, -0.2) is 0 Å². The third kappa shape index (κ3) is 5.80. The average Bonchev–Trinajstić information content (AvgIpc) is 2.40. The molecule has 0 saturated heterocycles. The van der Waals surface area contributed by atoms with Gasteiger partial charge >= 0.3 is 5.97 Å². The van der Waals surface area contributed by atoms with Crippen molar-refractivity contribution in [2.45, 2.75) is 18.9 Å². The van der Waals surface area contributed by atoms with E-state index in [0.717, 1.165) is 13.0 Å². The van der Waals surface area contributed by atoms with E-state index in [1.165, 1.54) is 12.7 Å². The topological polar surface area (TPSA) is 47.6 Å². The Morgan fingerprint density at radius 2 is 2.00 bits per heavy atom. The van der Waals surface area contributed by atoms with Gasteiger partial charge in [0, 0.05) is 19.7 Å². The Hall–Kier alpha value is -1.39. The normalized spacial score (nSPS) is 12.1. The lowest BCUT2D eigenvalue weighted by molar-refractivity contribution is -0.141. The summed E-state index contributed by atoms with van der Waals surface area (Å²) in [5, 5.41) is 3.31. The van der Waals surface area contributed by atoms with E-state index in [9.17, 15) is 4.79 Å². The fourth-order valence-corrected chi connectivity index (χ4v) is 1.76. The molecule has 0 saturated carbocycles. The molecule has 0 bridgehead atoms. The fraction of sp³-hybridized carbons (Fsp3) is 0.500. The number of esters is 1. The summed E-state index contributed by atoms with van der Waals surface area (Å²) in [5.41, 5.74) is 1.20. The van der Waals surface area contributed by atoms with Gasteiger partial charge in [0.1, 0.15) is 0 Å². The number of ether oxygens (including phenoxy) is 2. The molecular weight excluding hydrogens is 230 g/mol. The van der Waals surface area contributed by atoms with Crippen molar-refractivity contribution in [2.24, 2.45) is 0 Å². The average molecular weight is 251 g/mol. The van der Waals surface area contributed by atoms with E-state index < -0.39 is 0 Å². The van der Waals surface area contributed by atoms with Crippen molar-refractivity contribution >= 4 is 5.97 Å². The van der Waals surface area contributed by atoms with Crippen LogP contribution in [0.1, 0.15) is 12.0 Å². The zero-order valence-corrected chi connectivity index (χ0v) is 11.0. The summed E-state index contributed by atoms with van der Waals surface area (Å²) in [7, 11) is 3.07. The summed E-state index contributed by atoms with van der Waals surface area (Å²) in [6.45, 7) is 1.36. The lowest BCUT2D eigenvalue weighted by Crippen LogP contribution is -2.35. The first-order valence-corrected chi connectivity index (χ1v) is 6.09. The van der Waals surface area contributed by atoms with E-state index in [1.807, 2.05) is 18.2 Å². The first-order valence-electron chi connectivity index (χ1n) is 6.09. The molecule has 100 valence electrons. The Morgan fingerprint density at radius 3 is 2.61 bits per heavy atom. The molecule has 1 aromatic rings. The highest BCUT2D eigenvalue weighted by Gasteiger charge is 2.14. The minimum absolute atomic E-state index is 0.0787. The van der Waals surface area contributed by atoms with Crippen molar-refractivity contribution in [3.05, 3.63) is 35.9 Å². The largest absolute Gasteiger partial charge is 0.469 e. The number of methoxy groups -OCH3 is 2. The van der Waals surface area contributed by atoms with Gasteiger partial charge in [-0.3, -0.25) is 4.79 Å². The molecule has 0 aliphatic heterocycles. The number of carbonyl (C=O) groups is 1. The van der Waals surface area contributed by atoms with Crippen molar-refractivity contribution in [3.63, 3.8) is 0 Å². The van der Waals surface area contributed by atoms with E-state index in [0.29, 0.717) is 13.0 Å². The summed E-state index contributed by atoms with van der Waals surface area (Å²) in [4.78, 5) is 11.4. The van der Waals surface area contributed by atoms with Gasteiger partial charge in [0.05, 0.1) is 20.1 Å². The van der Waals surface area contributed by atoms with Gasteiger partial charge in [-0.2, -0.15) is 0 Å². The van der Waals surface area contributed by atoms with Crippen LogP contribution in [0.25, 0.3) is 0 Å². The fourth-order valence-electron chi connectivity index (χ4n) is 1.76. The summed E-state index contributed by atoms with van der Waals surface area (Å²) in [6, 6.07) is 10.2. The Labute approximate surface area is 108 Å². The quantitative estimate of drug-likeness (QED) is 0.560. The number of carbonyl (C=O) groups excluding carboxylic acids is 1. The summed E-state index contributed by atoms with van der Waals surface area (Å²) in [6.07, 6.45) is 1.18. The van der Waals surface area contributed by atoms with Crippen LogP contribution >= 0.6 is 0 Å². The second-order valence-corrected chi connectivity index (χ2v) is 4.11. The number of nitrogens with one attached hydrogen (secondary N) is 1. The first kappa shape index (κ1) is 14.7. The van der Waals surface area contributed by atoms with Gasteiger partial charge in [-0.1, -0.05) is 30.3 Å². The van der Waals surface area contributed by atoms with Crippen molar-refractivity contribution < 1.29 is 14.3 Å². The molecular formula is C14H21NO3. The van der Waals surface area contributed by atoms with Gasteiger partial charge < -0.3 is 14.8 Å². The van der Waals surface area contributed by atoms with Crippen molar-refractivity contribution in [1.82, 2.24) is 5.32 Å². The zero-order valence-electron chi connectivity index (χ0n) is 11.0. The predicted molar refractivity (Wildman–Crippen MR) is 70.4 cm³/mol. The van der Waals surface area contributed by atoms with Crippen LogP contribution in [-0.2, 0) is 20.7 Å². The Bertz CT molecular complexity index is 340. The molecule has 0 aliphatic rings. The number of rotatable bonds is 8. The van der Waals surface area contributed by atoms with Crippen molar-refractivity contribution in [3.8, 4) is 0 Å². The molecule has 1 N–H and O–H groups in total. The molecule has 0 heterocycles. The standard InChI is InChI=1S/C14H21NO3/c1-17-9-8-15-13(11-14(16)18-2)10-12-6-4-3-5-7-12/h3-7,13,15H,8-11H2,1-2H3. The highest BCUT2D eigenvalue weighted by atomic mass is 16.5. The SMILES string of the molecule is COCCNC(CC(=O)OC)Cc1ccccc1. The maximum absolute atomic E-state index is 11.4. The highest BCUT2D eigenvalue weighted by molar-refractivity contribution is 5.69. The van der Waals surface area contributed by atoms with Crippen molar-refractivity contribution in [1.29, 1.82) is 0 Å². The lowest BCUT2D eigenvalue weighted by atomic mass is 10.0. The van der Waals surface area contributed by atoms with Gasteiger partial charge in [-0.05, 0) is 12.0 Å². The van der Waals surface area contributed by atoms with Crippen LogP contribution < -0.4 is 5.32 Å². The minimum Gasteiger partial charge on any atom is -0.469 e. The number of benzene rings is 1. The molecule has 0 aromatic heterocycles. The van der Waals surface area contributed by atoms with Gasteiger partial charge in [0.2, 0.25) is 0 Å². The van der Waals surface area contributed by atoms with E-state index in [1.54, 1.807) is 7.11 Å².